The van der Waals surface area contributed by atoms with E-state index in [9.17, 15) is 14.4 Å². The summed E-state index contributed by atoms with van der Waals surface area (Å²) in [6, 6.07) is 8.89. The normalized spacial score (nSPS) is 20.4. The van der Waals surface area contributed by atoms with Crippen LogP contribution in [0.15, 0.2) is 30.3 Å². The maximum atomic E-state index is 11.9. The van der Waals surface area contributed by atoms with Gasteiger partial charge in [-0.25, -0.2) is 0 Å². The van der Waals surface area contributed by atoms with Crippen LogP contribution in [-0.4, -0.2) is 17.3 Å². The molecular formula is C14H14O3. The lowest BCUT2D eigenvalue weighted by atomic mass is 9.83. The van der Waals surface area contributed by atoms with E-state index in [0.29, 0.717) is 18.4 Å². The van der Waals surface area contributed by atoms with Crippen molar-refractivity contribution in [3.8, 4) is 0 Å². The molecule has 1 aromatic rings. The molecule has 2 rings (SSSR count). The predicted octanol–water partition coefficient (Wildman–Crippen LogP) is 2.20. The van der Waals surface area contributed by atoms with Gasteiger partial charge in [0.25, 0.3) is 0 Å². The third-order valence-corrected chi connectivity index (χ3v) is 3.13. The second-order valence-electron chi connectivity index (χ2n) is 4.37. The summed E-state index contributed by atoms with van der Waals surface area (Å²) >= 11 is 0. The molecule has 1 aromatic carbocycles. The Morgan fingerprint density at radius 2 is 1.88 bits per heavy atom. The minimum Gasteiger partial charge on any atom is -0.294 e. The number of carbonyl (C=O) groups excluding carboxylic acids is 3. The van der Waals surface area contributed by atoms with E-state index in [0.717, 1.165) is 6.42 Å². The zero-order valence-corrected chi connectivity index (χ0v) is 9.52. The molecule has 0 radical (unpaired) electrons. The molecule has 1 saturated carbocycles. The van der Waals surface area contributed by atoms with Crippen molar-refractivity contribution in [2.45, 2.75) is 25.7 Å². The van der Waals surface area contributed by atoms with Gasteiger partial charge in [-0.3, -0.25) is 14.4 Å². The Balaban J connectivity index is 2.04. The molecule has 0 aromatic heterocycles. The maximum Gasteiger partial charge on any atom is 0.201 e. The first-order valence-electron chi connectivity index (χ1n) is 5.84. The van der Waals surface area contributed by atoms with Crippen molar-refractivity contribution < 1.29 is 14.4 Å². The van der Waals surface area contributed by atoms with E-state index in [1.807, 2.05) is 6.07 Å². The zero-order chi connectivity index (χ0) is 12.3. The molecule has 1 aliphatic carbocycles. The number of hydrogen-bond donors (Lipinski definition) is 0. The van der Waals surface area contributed by atoms with Crippen LogP contribution in [0, 0.1) is 5.92 Å². The van der Waals surface area contributed by atoms with Crippen molar-refractivity contribution in [1.29, 1.82) is 0 Å². The molecule has 3 heteroatoms. The minimum absolute atomic E-state index is 0.0568. The molecule has 1 atom stereocenters. The van der Waals surface area contributed by atoms with Crippen molar-refractivity contribution in [1.82, 2.24) is 0 Å². The Bertz CT molecular complexity index is 448. The van der Waals surface area contributed by atoms with Gasteiger partial charge in [0.2, 0.25) is 5.78 Å². The van der Waals surface area contributed by atoms with E-state index in [2.05, 4.69) is 0 Å². The van der Waals surface area contributed by atoms with Gasteiger partial charge < -0.3 is 0 Å². The van der Waals surface area contributed by atoms with Crippen LogP contribution >= 0.6 is 0 Å². The number of benzene rings is 1. The minimum atomic E-state index is -0.399. The fourth-order valence-corrected chi connectivity index (χ4v) is 2.15. The third-order valence-electron chi connectivity index (χ3n) is 3.13. The van der Waals surface area contributed by atoms with Gasteiger partial charge in [-0.1, -0.05) is 30.3 Å². The molecule has 17 heavy (non-hydrogen) atoms. The number of Topliss-reactive ketones (excluding diaryl/α,β-unsaturated/α-hetero) is 3. The highest BCUT2D eigenvalue weighted by Gasteiger charge is 2.30. The summed E-state index contributed by atoms with van der Waals surface area (Å²) in [5.74, 6) is -1.13. The zero-order valence-electron chi connectivity index (χ0n) is 9.52. The van der Waals surface area contributed by atoms with E-state index in [4.69, 9.17) is 0 Å². The summed E-state index contributed by atoms with van der Waals surface area (Å²) in [4.78, 5) is 34.8. The van der Waals surface area contributed by atoms with E-state index in [1.54, 1.807) is 24.3 Å². The monoisotopic (exact) mass is 230 g/mol. The van der Waals surface area contributed by atoms with Crippen molar-refractivity contribution in [3.05, 3.63) is 35.9 Å². The topological polar surface area (TPSA) is 51.2 Å². The quantitative estimate of drug-likeness (QED) is 0.590. The van der Waals surface area contributed by atoms with Crippen LogP contribution in [0.1, 0.15) is 36.0 Å². The molecule has 0 aliphatic heterocycles. The second-order valence-corrected chi connectivity index (χ2v) is 4.37. The van der Waals surface area contributed by atoms with Gasteiger partial charge in [-0.2, -0.15) is 0 Å². The molecule has 88 valence electrons. The average Bonchev–Trinajstić information content (AvgIpc) is 2.36. The smallest absolute Gasteiger partial charge is 0.201 e. The number of ketones is 3. The summed E-state index contributed by atoms with van der Waals surface area (Å²) in [5.41, 5.74) is 0.610. The van der Waals surface area contributed by atoms with Crippen LogP contribution in [0.25, 0.3) is 0 Å². The van der Waals surface area contributed by atoms with E-state index in [1.165, 1.54) is 0 Å². The summed E-state index contributed by atoms with van der Waals surface area (Å²) in [6.45, 7) is 0. The summed E-state index contributed by atoms with van der Waals surface area (Å²) in [6.07, 6.45) is 1.88. The van der Waals surface area contributed by atoms with Gasteiger partial charge in [-0.15, -0.1) is 0 Å². The predicted molar refractivity (Wildman–Crippen MR) is 62.7 cm³/mol. The summed E-state index contributed by atoms with van der Waals surface area (Å²) < 4.78 is 0. The van der Waals surface area contributed by atoms with Gasteiger partial charge in [-0.05, 0) is 12.8 Å². The molecule has 3 nitrogen and oxygen atoms in total. The highest BCUT2D eigenvalue weighted by Crippen LogP contribution is 2.23. The van der Waals surface area contributed by atoms with Gasteiger partial charge in [0.1, 0.15) is 0 Å². The lowest BCUT2D eigenvalue weighted by Gasteiger charge is -2.18. The van der Waals surface area contributed by atoms with Gasteiger partial charge >= 0.3 is 0 Å². The summed E-state index contributed by atoms with van der Waals surface area (Å²) in [5, 5.41) is 0. The number of rotatable bonds is 3. The largest absolute Gasteiger partial charge is 0.294 e. The lowest BCUT2D eigenvalue weighted by Crippen LogP contribution is -2.30. The molecule has 1 unspecified atom stereocenters. The fourth-order valence-electron chi connectivity index (χ4n) is 2.15. The third kappa shape index (κ3) is 2.67. The van der Waals surface area contributed by atoms with Crippen molar-refractivity contribution in [2.24, 2.45) is 5.92 Å². The SMILES string of the molecule is O=C1CCCC(CC(=O)c2ccccc2)C1=O. The molecule has 1 fully saturated rings. The van der Waals surface area contributed by atoms with Crippen LogP contribution in [0.3, 0.4) is 0 Å². The average molecular weight is 230 g/mol. The molecular weight excluding hydrogens is 216 g/mol. The van der Waals surface area contributed by atoms with Crippen molar-refractivity contribution in [3.63, 3.8) is 0 Å². The first-order chi connectivity index (χ1) is 8.18. The number of carbonyl (C=O) groups is 3. The van der Waals surface area contributed by atoms with Crippen LogP contribution in [0.5, 0.6) is 0 Å². The van der Waals surface area contributed by atoms with Crippen LogP contribution in [0.4, 0.5) is 0 Å². The summed E-state index contributed by atoms with van der Waals surface area (Å²) in [7, 11) is 0. The molecule has 1 aliphatic rings. The van der Waals surface area contributed by atoms with Gasteiger partial charge in [0.15, 0.2) is 11.6 Å². The van der Waals surface area contributed by atoms with E-state index < -0.39 is 5.92 Å². The van der Waals surface area contributed by atoms with Crippen LogP contribution in [0.2, 0.25) is 0 Å². The fraction of sp³-hybridized carbons (Fsp3) is 0.357. The Labute approximate surface area is 99.8 Å². The van der Waals surface area contributed by atoms with Crippen molar-refractivity contribution >= 4 is 17.3 Å². The molecule has 0 N–H and O–H groups in total. The first kappa shape index (κ1) is 11.7. The highest BCUT2D eigenvalue weighted by molar-refractivity contribution is 6.38. The first-order valence-corrected chi connectivity index (χ1v) is 5.84. The Hall–Kier alpha value is -1.77. The molecule has 0 amide bonds. The molecule has 0 bridgehead atoms. The number of hydrogen-bond acceptors (Lipinski definition) is 3. The second kappa shape index (κ2) is 5.04. The maximum absolute atomic E-state index is 11.9. The Kier molecular flexibility index (Phi) is 3.47. The molecule has 0 saturated heterocycles. The van der Waals surface area contributed by atoms with E-state index in [-0.39, 0.29) is 23.8 Å². The van der Waals surface area contributed by atoms with Gasteiger partial charge in [0, 0.05) is 24.3 Å². The van der Waals surface area contributed by atoms with Crippen molar-refractivity contribution in [2.75, 3.05) is 0 Å². The van der Waals surface area contributed by atoms with Crippen LogP contribution < -0.4 is 0 Å². The highest BCUT2D eigenvalue weighted by atomic mass is 16.2. The lowest BCUT2D eigenvalue weighted by molar-refractivity contribution is -0.140. The molecule has 0 heterocycles. The Morgan fingerprint density at radius 3 is 2.59 bits per heavy atom. The van der Waals surface area contributed by atoms with Gasteiger partial charge in [0.05, 0.1) is 0 Å². The standard InChI is InChI=1S/C14H14O3/c15-12-8-4-7-11(14(12)17)9-13(16)10-5-2-1-3-6-10/h1-3,5-6,11H,4,7-9H2. The molecule has 0 spiro atoms. The van der Waals surface area contributed by atoms with Crippen LogP contribution in [-0.2, 0) is 9.59 Å². The Morgan fingerprint density at radius 1 is 1.18 bits per heavy atom. The van der Waals surface area contributed by atoms with E-state index >= 15 is 0 Å².